The zero-order chi connectivity index (χ0) is 19.3. The fourth-order valence-electron chi connectivity index (χ4n) is 2.86. The molecule has 0 radical (unpaired) electrons. The molecule has 1 aliphatic rings. The number of nitrogens with one attached hydrogen (secondary N) is 1. The van der Waals surface area contributed by atoms with Crippen LogP contribution in [0.25, 0.3) is 0 Å². The van der Waals surface area contributed by atoms with Gasteiger partial charge in [0.2, 0.25) is 11.8 Å². The van der Waals surface area contributed by atoms with Gasteiger partial charge in [0.15, 0.2) is 0 Å². The first kappa shape index (κ1) is 20.3. The van der Waals surface area contributed by atoms with Crippen molar-refractivity contribution in [2.45, 2.75) is 31.3 Å². The van der Waals surface area contributed by atoms with E-state index in [1.807, 2.05) is 44.2 Å². The maximum absolute atomic E-state index is 13.2. The summed E-state index contributed by atoms with van der Waals surface area (Å²) >= 11 is 1.41. The molecular formula is C18H24N2O5S. The lowest BCUT2D eigenvalue weighted by Crippen LogP contribution is -2.55. The molecule has 0 aliphatic carbocycles. The molecule has 0 spiro atoms. The quantitative estimate of drug-likeness (QED) is 0.744. The zero-order valence-corrected chi connectivity index (χ0v) is 15.9. The number of carboxylic acids is 1. The molecule has 0 aromatic heterocycles. The van der Waals surface area contributed by atoms with Crippen LogP contribution in [0.15, 0.2) is 30.3 Å². The average molecular weight is 380 g/mol. The molecule has 0 bridgehead atoms. The van der Waals surface area contributed by atoms with Gasteiger partial charge >= 0.3 is 5.97 Å². The number of amides is 2. The summed E-state index contributed by atoms with van der Waals surface area (Å²) in [5.74, 6) is -1.74. The highest BCUT2D eigenvalue weighted by molar-refractivity contribution is 7.99. The fraction of sp³-hybridized carbons (Fsp3) is 0.500. The predicted molar refractivity (Wildman–Crippen MR) is 98.6 cm³/mol. The lowest BCUT2D eigenvalue weighted by Gasteiger charge is -2.33. The van der Waals surface area contributed by atoms with E-state index in [0.29, 0.717) is 5.75 Å². The Morgan fingerprint density at radius 1 is 1.31 bits per heavy atom. The maximum atomic E-state index is 13.2. The van der Waals surface area contributed by atoms with E-state index in [1.54, 1.807) is 0 Å². The molecule has 7 nitrogen and oxygen atoms in total. The normalized spacial score (nSPS) is 20.8. The van der Waals surface area contributed by atoms with Gasteiger partial charge in [0.1, 0.15) is 24.1 Å². The zero-order valence-electron chi connectivity index (χ0n) is 15.0. The Morgan fingerprint density at radius 2 is 1.96 bits per heavy atom. The molecule has 0 saturated carbocycles. The van der Waals surface area contributed by atoms with Crippen molar-refractivity contribution in [3.63, 3.8) is 0 Å². The molecule has 2 rings (SSSR count). The molecule has 142 valence electrons. The molecule has 8 heteroatoms. The number of nitrogens with zero attached hydrogens (tertiary/aromatic N) is 1. The Kier molecular flexibility index (Phi) is 7.05. The summed E-state index contributed by atoms with van der Waals surface area (Å²) < 4.78 is 4.80. The number of benzene rings is 1. The summed E-state index contributed by atoms with van der Waals surface area (Å²) in [5.41, 5.74) is 0.861. The van der Waals surface area contributed by atoms with E-state index in [-0.39, 0.29) is 12.5 Å². The molecule has 26 heavy (non-hydrogen) atoms. The van der Waals surface area contributed by atoms with Crippen LogP contribution in [-0.4, -0.2) is 59.3 Å². The topological polar surface area (TPSA) is 95.9 Å². The third kappa shape index (κ3) is 4.56. The molecular weight excluding hydrogens is 356 g/mol. The number of rotatable bonds is 7. The number of thioether (sulfide) groups is 1. The Bertz CT molecular complexity index is 652. The van der Waals surface area contributed by atoms with E-state index in [9.17, 15) is 19.5 Å². The van der Waals surface area contributed by atoms with Crippen LogP contribution in [0.5, 0.6) is 0 Å². The molecule has 1 aromatic rings. The second-order valence-corrected chi connectivity index (χ2v) is 7.53. The molecule has 2 amide bonds. The number of aliphatic carboxylic acids is 1. The summed E-state index contributed by atoms with van der Waals surface area (Å²) in [5, 5.41) is 11.8. The Labute approximate surface area is 157 Å². The highest BCUT2D eigenvalue weighted by Crippen LogP contribution is 2.42. The van der Waals surface area contributed by atoms with Gasteiger partial charge < -0.3 is 20.1 Å². The van der Waals surface area contributed by atoms with Crippen molar-refractivity contribution in [1.29, 1.82) is 0 Å². The molecule has 3 atom stereocenters. The molecule has 1 aromatic carbocycles. The molecule has 1 heterocycles. The van der Waals surface area contributed by atoms with Crippen LogP contribution in [0.1, 0.15) is 24.8 Å². The van der Waals surface area contributed by atoms with E-state index in [1.165, 1.54) is 23.8 Å². The molecule has 1 unspecified atom stereocenters. The van der Waals surface area contributed by atoms with E-state index in [4.69, 9.17) is 4.74 Å². The van der Waals surface area contributed by atoms with Crippen molar-refractivity contribution in [1.82, 2.24) is 10.2 Å². The van der Waals surface area contributed by atoms with Crippen LogP contribution in [0.2, 0.25) is 0 Å². The van der Waals surface area contributed by atoms with Crippen molar-refractivity contribution in [3.8, 4) is 0 Å². The number of carbonyl (C=O) groups is 3. The smallest absolute Gasteiger partial charge is 0.327 e. The second kappa shape index (κ2) is 9.05. The van der Waals surface area contributed by atoms with Gasteiger partial charge in [-0.2, -0.15) is 0 Å². The lowest BCUT2D eigenvalue weighted by molar-refractivity contribution is -0.151. The minimum absolute atomic E-state index is 0.157. The van der Waals surface area contributed by atoms with Gasteiger partial charge in [0.05, 0.1) is 0 Å². The highest BCUT2D eigenvalue weighted by atomic mass is 32.2. The van der Waals surface area contributed by atoms with Gasteiger partial charge in [-0.25, -0.2) is 4.79 Å². The van der Waals surface area contributed by atoms with E-state index < -0.39 is 35.2 Å². The van der Waals surface area contributed by atoms with Crippen molar-refractivity contribution >= 4 is 29.5 Å². The number of hydrogen-bond donors (Lipinski definition) is 2. The third-order valence-electron chi connectivity index (χ3n) is 4.15. The van der Waals surface area contributed by atoms with Crippen LogP contribution in [0.4, 0.5) is 0 Å². The third-order valence-corrected chi connectivity index (χ3v) is 5.47. The highest BCUT2D eigenvalue weighted by Gasteiger charge is 2.45. The summed E-state index contributed by atoms with van der Waals surface area (Å²) in [6, 6.07) is 7.57. The standard InChI is InChI=1S/C18H24N2O5S/c1-11(2)15(19-14(21)9-25-3)16(22)20-13(18(23)24)10-26-17(20)12-7-5-4-6-8-12/h4-8,11,13,15,17H,9-10H2,1-3H3,(H,19,21)(H,23,24)/t13-,15-,17?/m0/s1. The minimum atomic E-state index is -1.05. The number of carbonyl (C=O) groups excluding carboxylic acids is 2. The fourth-order valence-corrected chi connectivity index (χ4v) is 4.29. The SMILES string of the molecule is COCC(=O)N[C@H](C(=O)N1C(c2ccccc2)SC[C@H]1C(=O)O)C(C)C. The average Bonchev–Trinajstić information content (AvgIpc) is 3.05. The van der Waals surface area contributed by atoms with E-state index in [2.05, 4.69) is 5.32 Å². The largest absolute Gasteiger partial charge is 0.480 e. The summed E-state index contributed by atoms with van der Waals surface area (Å²) in [6.45, 7) is 3.47. The Balaban J connectivity index is 2.32. The summed E-state index contributed by atoms with van der Waals surface area (Å²) in [7, 11) is 1.40. The minimum Gasteiger partial charge on any atom is -0.480 e. The maximum Gasteiger partial charge on any atom is 0.327 e. The van der Waals surface area contributed by atoms with Gasteiger partial charge in [-0.3, -0.25) is 9.59 Å². The molecule has 1 aliphatic heterocycles. The van der Waals surface area contributed by atoms with Gasteiger partial charge in [-0.15, -0.1) is 11.8 Å². The lowest BCUT2D eigenvalue weighted by atomic mass is 10.0. The molecule has 1 saturated heterocycles. The first-order valence-corrected chi connectivity index (χ1v) is 9.41. The monoisotopic (exact) mass is 380 g/mol. The van der Waals surface area contributed by atoms with Crippen molar-refractivity contribution in [2.75, 3.05) is 19.5 Å². The van der Waals surface area contributed by atoms with E-state index in [0.717, 1.165) is 5.56 Å². The van der Waals surface area contributed by atoms with Crippen LogP contribution < -0.4 is 5.32 Å². The Hall–Kier alpha value is -2.06. The first-order valence-electron chi connectivity index (χ1n) is 8.36. The van der Waals surface area contributed by atoms with Crippen LogP contribution in [0.3, 0.4) is 0 Å². The van der Waals surface area contributed by atoms with Gasteiger partial charge in [-0.05, 0) is 11.5 Å². The molecule has 1 fully saturated rings. The van der Waals surface area contributed by atoms with Crippen LogP contribution >= 0.6 is 11.8 Å². The van der Waals surface area contributed by atoms with Gasteiger partial charge in [0, 0.05) is 12.9 Å². The molecule has 2 N–H and O–H groups in total. The van der Waals surface area contributed by atoms with Gasteiger partial charge in [0.25, 0.3) is 0 Å². The van der Waals surface area contributed by atoms with Crippen molar-refractivity contribution in [2.24, 2.45) is 5.92 Å². The second-order valence-electron chi connectivity index (χ2n) is 6.42. The van der Waals surface area contributed by atoms with E-state index >= 15 is 0 Å². The van der Waals surface area contributed by atoms with Crippen LogP contribution in [-0.2, 0) is 19.1 Å². The van der Waals surface area contributed by atoms with Crippen molar-refractivity contribution < 1.29 is 24.2 Å². The van der Waals surface area contributed by atoms with Crippen molar-refractivity contribution in [3.05, 3.63) is 35.9 Å². The summed E-state index contributed by atoms with van der Waals surface area (Å²) in [4.78, 5) is 38.2. The predicted octanol–water partition coefficient (Wildman–Crippen LogP) is 1.50. The number of carboxylic acid groups (broad SMARTS) is 1. The first-order chi connectivity index (χ1) is 12.4. The summed E-state index contributed by atoms with van der Waals surface area (Å²) in [6.07, 6.45) is 0. The van der Waals surface area contributed by atoms with Gasteiger partial charge in [-0.1, -0.05) is 44.2 Å². The number of methoxy groups -OCH3 is 1. The number of ether oxygens (including phenoxy) is 1. The van der Waals surface area contributed by atoms with Crippen LogP contribution in [0, 0.1) is 5.92 Å². The Morgan fingerprint density at radius 3 is 2.50 bits per heavy atom. The number of hydrogen-bond acceptors (Lipinski definition) is 5.